The van der Waals surface area contributed by atoms with Gasteiger partial charge in [0.25, 0.3) is 5.91 Å². The Kier molecular flexibility index (Phi) is 8.22. The maximum Gasteiger partial charge on any atom is 0.307 e. The molecule has 0 spiro atoms. The summed E-state index contributed by atoms with van der Waals surface area (Å²) in [5, 5.41) is 2.75. The van der Waals surface area contributed by atoms with E-state index in [4.69, 9.17) is 14.2 Å². The Hall–Kier alpha value is -3.64. The maximum atomic E-state index is 12.9. The van der Waals surface area contributed by atoms with Gasteiger partial charge in [-0.15, -0.1) is 0 Å². The molecule has 12 heteroatoms. The lowest BCUT2D eigenvalue weighted by molar-refractivity contribution is -0.154. The number of rotatable bonds is 11. The number of aryl methyl sites for hydroxylation is 2. The summed E-state index contributed by atoms with van der Waals surface area (Å²) in [6, 6.07) is 10.2. The topological polar surface area (TPSA) is 129 Å². The number of carbonyl (C=O) groups excluding carboxylic acids is 2. The van der Waals surface area contributed by atoms with Crippen molar-refractivity contribution >= 4 is 32.9 Å². The molecule has 1 atom stereocenters. The van der Waals surface area contributed by atoms with Crippen molar-refractivity contribution in [3.63, 3.8) is 0 Å². The Labute approximate surface area is 221 Å². The molecule has 0 unspecified atom stereocenters. The van der Waals surface area contributed by atoms with E-state index in [1.165, 1.54) is 11.2 Å². The van der Waals surface area contributed by atoms with Gasteiger partial charge in [-0.3, -0.25) is 9.59 Å². The van der Waals surface area contributed by atoms with Crippen LogP contribution < -0.4 is 14.8 Å². The molecule has 1 aliphatic heterocycles. The summed E-state index contributed by atoms with van der Waals surface area (Å²) in [5.74, 6) is 0.940. The molecule has 204 valence electrons. The first-order valence-electron chi connectivity index (χ1n) is 12.4. The highest BCUT2D eigenvalue weighted by atomic mass is 32.2. The summed E-state index contributed by atoms with van der Waals surface area (Å²) < 4.78 is 44.9. The number of nitrogens with one attached hydrogen (secondary N) is 1. The normalized spacial score (nSPS) is 13.6. The van der Waals surface area contributed by atoms with Gasteiger partial charge in [-0.1, -0.05) is 19.9 Å². The van der Waals surface area contributed by atoms with Crippen molar-refractivity contribution in [3.8, 4) is 11.5 Å². The lowest BCUT2D eigenvalue weighted by atomic mass is 10.2. The van der Waals surface area contributed by atoms with E-state index in [2.05, 4.69) is 10.3 Å². The minimum atomic E-state index is -3.61. The van der Waals surface area contributed by atoms with Crippen LogP contribution in [-0.4, -0.2) is 60.1 Å². The van der Waals surface area contributed by atoms with Crippen LogP contribution in [0.2, 0.25) is 0 Å². The van der Waals surface area contributed by atoms with Crippen LogP contribution in [0.5, 0.6) is 11.5 Å². The summed E-state index contributed by atoms with van der Waals surface area (Å²) in [6.45, 7) is 6.28. The first-order valence-corrected chi connectivity index (χ1v) is 13.9. The van der Waals surface area contributed by atoms with E-state index >= 15 is 0 Å². The van der Waals surface area contributed by atoms with Gasteiger partial charge in [0, 0.05) is 33.1 Å². The average Bonchev–Trinajstić information content (AvgIpc) is 3.49. The molecule has 2 heterocycles. The van der Waals surface area contributed by atoms with E-state index in [0.29, 0.717) is 35.9 Å². The van der Waals surface area contributed by atoms with Gasteiger partial charge in [-0.05, 0) is 42.8 Å². The summed E-state index contributed by atoms with van der Waals surface area (Å²) in [7, 11) is -1.80. The third kappa shape index (κ3) is 5.76. The van der Waals surface area contributed by atoms with Crippen LogP contribution in [0.25, 0.3) is 11.0 Å². The third-order valence-corrected chi connectivity index (χ3v) is 8.47. The molecule has 0 saturated heterocycles. The molecule has 1 aliphatic rings. The lowest BCUT2D eigenvalue weighted by Crippen LogP contribution is -2.35. The number of fused-ring (bicyclic) bond motifs is 2. The van der Waals surface area contributed by atoms with Crippen LogP contribution >= 0.6 is 0 Å². The van der Waals surface area contributed by atoms with Crippen LogP contribution in [0.1, 0.15) is 38.6 Å². The highest BCUT2D eigenvalue weighted by Crippen LogP contribution is 2.32. The third-order valence-electron chi connectivity index (χ3n) is 6.42. The van der Waals surface area contributed by atoms with Crippen molar-refractivity contribution in [2.24, 2.45) is 7.05 Å². The maximum absolute atomic E-state index is 12.9. The van der Waals surface area contributed by atoms with Gasteiger partial charge in [0.15, 0.2) is 17.6 Å². The molecule has 2 aromatic carbocycles. The zero-order valence-electron chi connectivity index (χ0n) is 21.9. The van der Waals surface area contributed by atoms with Crippen molar-refractivity contribution in [1.29, 1.82) is 0 Å². The fourth-order valence-corrected chi connectivity index (χ4v) is 5.71. The number of hydrogen-bond donors (Lipinski definition) is 1. The zero-order chi connectivity index (χ0) is 27.4. The first kappa shape index (κ1) is 27.4. The molecule has 0 aliphatic carbocycles. The summed E-state index contributed by atoms with van der Waals surface area (Å²) in [6.07, 6.45) is -0.681. The number of imidazole rings is 1. The largest absolute Gasteiger partial charge is 0.454 e. The SMILES string of the molecule is CCN(CC)S(=O)(=O)c1ccc2c(c1)nc(CCC(=O)O[C@@H](C)C(=O)NCc1ccc3c(c1)OCO3)n2C. The number of esters is 1. The summed E-state index contributed by atoms with van der Waals surface area (Å²) in [5.41, 5.74) is 2.11. The van der Waals surface area contributed by atoms with Crippen molar-refractivity contribution in [3.05, 3.63) is 47.8 Å². The molecule has 0 radical (unpaired) electrons. The summed E-state index contributed by atoms with van der Waals surface area (Å²) in [4.78, 5) is 29.6. The second-order valence-electron chi connectivity index (χ2n) is 8.86. The number of sulfonamides is 1. The van der Waals surface area contributed by atoms with Crippen LogP contribution in [0.3, 0.4) is 0 Å². The van der Waals surface area contributed by atoms with E-state index in [1.807, 2.05) is 10.6 Å². The number of aromatic nitrogens is 2. The fourth-order valence-electron chi connectivity index (χ4n) is 4.23. The van der Waals surface area contributed by atoms with Gasteiger partial charge in [-0.25, -0.2) is 13.4 Å². The van der Waals surface area contributed by atoms with Gasteiger partial charge in [0.05, 0.1) is 22.3 Å². The number of carbonyl (C=O) groups is 2. The second kappa shape index (κ2) is 11.4. The molecule has 1 aromatic heterocycles. The predicted molar refractivity (Wildman–Crippen MR) is 139 cm³/mol. The molecule has 1 N–H and O–H groups in total. The molecule has 0 saturated carbocycles. The number of nitrogens with zero attached hydrogens (tertiary/aromatic N) is 3. The Balaban J connectivity index is 1.32. The Morgan fingerprint density at radius 2 is 1.87 bits per heavy atom. The van der Waals surface area contributed by atoms with Crippen LogP contribution in [0, 0.1) is 0 Å². The first-order chi connectivity index (χ1) is 18.1. The quantitative estimate of drug-likeness (QED) is 0.365. The minimum absolute atomic E-state index is 0.0154. The molecular weight excluding hydrogens is 512 g/mol. The summed E-state index contributed by atoms with van der Waals surface area (Å²) >= 11 is 0. The average molecular weight is 545 g/mol. The van der Waals surface area contributed by atoms with E-state index in [9.17, 15) is 18.0 Å². The minimum Gasteiger partial charge on any atom is -0.454 e. The van der Waals surface area contributed by atoms with E-state index in [1.54, 1.807) is 51.2 Å². The molecule has 3 aromatic rings. The molecule has 11 nitrogen and oxygen atoms in total. The van der Waals surface area contributed by atoms with Crippen molar-refractivity contribution in [2.75, 3.05) is 19.9 Å². The number of hydrogen-bond acceptors (Lipinski definition) is 8. The van der Waals surface area contributed by atoms with Gasteiger partial charge in [0.1, 0.15) is 5.82 Å². The highest BCUT2D eigenvalue weighted by molar-refractivity contribution is 7.89. The molecule has 38 heavy (non-hydrogen) atoms. The van der Waals surface area contributed by atoms with E-state index in [0.717, 1.165) is 11.1 Å². The predicted octanol–water partition coefficient (Wildman–Crippen LogP) is 2.51. The lowest BCUT2D eigenvalue weighted by Gasteiger charge is -2.18. The van der Waals surface area contributed by atoms with E-state index < -0.39 is 28.0 Å². The van der Waals surface area contributed by atoms with Gasteiger partial charge in [-0.2, -0.15) is 4.31 Å². The molecule has 4 rings (SSSR count). The van der Waals surface area contributed by atoms with Gasteiger partial charge in [0.2, 0.25) is 16.8 Å². The monoisotopic (exact) mass is 544 g/mol. The Morgan fingerprint density at radius 1 is 1.13 bits per heavy atom. The van der Waals surface area contributed by atoms with Crippen LogP contribution in [0.4, 0.5) is 0 Å². The molecule has 1 amide bonds. The zero-order valence-corrected chi connectivity index (χ0v) is 22.7. The van der Waals surface area contributed by atoms with Gasteiger partial charge < -0.3 is 24.1 Å². The standard InChI is InChI=1S/C26H32N4O7S/c1-5-30(6-2)38(33,34)19-8-9-21-20(14-19)28-24(29(21)4)11-12-25(31)37-17(3)26(32)27-15-18-7-10-22-23(13-18)36-16-35-22/h7-10,13-14,17H,5-6,11-12,15-16H2,1-4H3,(H,27,32)/t17-/m0/s1. The van der Waals surface area contributed by atoms with Crippen LogP contribution in [-0.2, 0) is 44.4 Å². The highest BCUT2D eigenvalue weighted by Gasteiger charge is 2.23. The number of amides is 1. The Morgan fingerprint density at radius 3 is 2.61 bits per heavy atom. The van der Waals surface area contributed by atoms with Crippen LogP contribution in [0.15, 0.2) is 41.3 Å². The molecule has 0 bridgehead atoms. The Bertz CT molecular complexity index is 1450. The van der Waals surface area contributed by atoms with E-state index in [-0.39, 0.29) is 31.1 Å². The van der Waals surface area contributed by atoms with Crippen molar-refractivity contribution in [2.45, 2.75) is 51.2 Å². The second-order valence-corrected chi connectivity index (χ2v) is 10.8. The van der Waals surface area contributed by atoms with Gasteiger partial charge >= 0.3 is 5.97 Å². The molecular formula is C26H32N4O7S. The fraction of sp³-hybridized carbons (Fsp3) is 0.423. The number of benzene rings is 2. The van der Waals surface area contributed by atoms with Crippen molar-refractivity contribution < 1.29 is 32.2 Å². The van der Waals surface area contributed by atoms with Crippen molar-refractivity contribution in [1.82, 2.24) is 19.2 Å². The smallest absolute Gasteiger partial charge is 0.307 e. The molecule has 0 fully saturated rings. The number of ether oxygens (including phenoxy) is 3.